The summed E-state index contributed by atoms with van der Waals surface area (Å²) in [5.41, 5.74) is 4.73. The van der Waals surface area contributed by atoms with Gasteiger partial charge in [-0.3, -0.25) is 38.6 Å². The van der Waals surface area contributed by atoms with Crippen molar-refractivity contribution in [2.24, 2.45) is 5.92 Å². The van der Waals surface area contributed by atoms with Crippen molar-refractivity contribution in [3.63, 3.8) is 0 Å². The van der Waals surface area contributed by atoms with Gasteiger partial charge in [-0.2, -0.15) is 0 Å². The number of carbonyl (C=O) groups excluding carboxylic acids is 6. The van der Waals surface area contributed by atoms with Crippen LogP contribution in [0.15, 0.2) is 78.7 Å². The number of fused-ring (bicyclic) bond motifs is 4. The molecule has 0 unspecified atom stereocenters. The molecule has 5 aliphatic heterocycles. The van der Waals surface area contributed by atoms with Crippen molar-refractivity contribution in [3.05, 3.63) is 95.3 Å². The first-order valence-corrected chi connectivity index (χ1v) is 38.0. The second-order valence-electron chi connectivity index (χ2n) is 25.9. The quantitative estimate of drug-likeness (QED) is 0.0407. The number of rotatable bonds is 28. The van der Waals surface area contributed by atoms with Crippen LogP contribution in [0.25, 0.3) is 5.57 Å². The normalized spacial score (nSPS) is 18.6. The Hall–Kier alpha value is -7.72. The first-order valence-electron chi connectivity index (χ1n) is 30.6. The number of hydrogen-bond donors (Lipinski definition) is 4. The molecule has 4 atom stereocenters. The van der Waals surface area contributed by atoms with Crippen LogP contribution in [0.5, 0.6) is 23.0 Å². The Morgan fingerprint density at radius 1 is 0.663 bits per heavy atom. The number of carbonyl (C=O) groups is 7. The molecule has 1 fully saturated rings. The topological polar surface area (TPSA) is 251 Å². The number of methoxy groups -OCH3 is 2. The zero-order valence-corrected chi connectivity index (χ0v) is 55.6. The van der Waals surface area contributed by atoms with Crippen molar-refractivity contribution in [1.29, 1.82) is 0 Å². The van der Waals surface area contributed by atoms with Gasteiger partial charge in [-0.15, -0.1) is 0 Å². The molecule has 5 aliphatic rings. The summed E-state index contributed by atoms with van der Waals surface area (Å²) in [5.74, 6) is -1.79. The molecule has 8 rings (SSSR count). The number of amides is 7. The van der Waals surface area contributed by atoms with Crippen LogP contribution in [0.4, 0.5) is 21.9 Å². The van der Waals surface area contributed by atoms with Gasteiger partial charge < -0.3 is 69.1 Å². The lowest BCUT2D eigenvalue weighted by atomic mass is 10.0. The summed E-state index contributed by atoms with van der Waals surface area (Å²) in [7, 11) is 2.08. The highest BCUT2D eigenvalue weighted by Gasteiger charge is 2.45. The molecule has 5 heterocycles. The van der Waals surface area contributed by atoms with E-state index in [4.69, 9.17) is 33.5 Å². The fourth-order valence-electron chi connectivity index (χ4n) is 11.0. The molecule has 3 aromatic carbocycles. The third kappa shape index (κ3) is 16.8. The van der Waals surface area contributed by atoms with Crippen LogP contribution in [0.3, 0.4) is 0 Å². The molecular weight excluding hydrogens is 1170 g/mol. The van der Waals surface area contributed by atoms with E-state index in [-0.39, 0.29) is 91.6 Å². The van der Waals surface area contributed by atoms with E-state index in [0.717, 1.165) is 55.1 Å². The van der Waals surface area contributed by atoms with Gasteiger partial charge in [-0.25, -0.2) is 4.79 Å². The second kappa shape index (κ2) is 29.3. The molecule has 7 amide bonds. The zero-order chi connectivity index (χ0) is 64.5. The minimum absolute atomic E-state index is 0.0588. The Balaban J connectivity index is 0.960. The zero-order valence-electron chi connectivity index (χ0n) is 53.6. The summed E-state index contributed by atoms with van der Waals surface area (Å²) in [6.45, 7) is 23.2. The molecule has 0 aliphatic carbocycles. The fraction of sp³-hybridized carbons (Fsp3) is 0.516. The number of piperazine rings is 1. The van der Waals surface area contributed by atoms with Crippen LogP contribution in [0, 0.1) is 5.92 Å². The number of nitrogens with one attached hydrogen (secondary N) is 3. The smallest absolute Gasteiger partial charge is 0.405 e. The Labute approximate surface area is 524 Å². The molecule has 0 saturated carbocycles. The predicted octanol–water partition coefficient (Wildman–Crippen LogP) is 7.44. The monoisotopic (exact) mass is 1260 g/mol. The Morgan fingerprint density at radius 3 is 1.67 bits per heavy atom. The predicted molar refractivity (Wildman–Crippen MR) is 345 cm³/mol. The lowest BCUT2D eigenvalue weighted by molar-refractivity contribution is -0.130. The summed E-state index contributed by atoms with van der Waals surface area (Å²) in [6.07, 6.45) is 6.30. The number of hydrogen-bond acceptors (Lipinski definition) is 15. The number of nitrogens with zero attached hydrogens (tertiary/aromatic N) is 6. The number of anilines is 3. The molecule has 1 saturated heterocycles. The number of carboxylic acid groups (broad SMARTS) is 1. The summed E-state index contributed by atoms with van der Waals surface area (Å²) in [5, 5.41) is 16.6. The van der Waals surface area contributed by atoms with E-state index in [2.05, 4.69) is 96.3 Å². The molecule has 0 aromatic heterocycles. The van der Waals surface area contributed by atoms with Gasteiger partial charge in [0.1, 0.15) is 37.6 Å². The summed E-state index contributed by atoms with van der Waals surface area (Å²) < 4.78 is 36.8. The average molecular weight is 1260 g/mol. The highest BCUT2D eigenvalue weighted by atomic mass is 28.3. The van der Waals surface area contributed by atoms with Crippen molar-refractivity contribution >= 4 is 80.3 Å². The van der Waals surface area contributed by atoms with Gasteiger partial charge in [0.05, 0.1) is 49.9 Å². The van der Waals surface area contributed by atoms with Crippen LogP contribution in [-0.4, -0.2) is 196 Å². The van der Waals surface area contributed by atoms with E-state index >= 15 is 0 Å². The van der Waals surface area contributed by atoms with Crippen LogP contribution < -0.4 is 49.6 Å². The molecule has 23 nitrogen and oxygen atoms in total. The van der Waals surface area contributed by atoms with E-state index in [1.54, 1.807) is 72.5 Å². The van der Waals surface area contributed by atoms with Gasteiger partial charge in [0.25, 0.3) is 23.6 Å². The van der Waals surface area contributed by atoms with E-state index in [1.165, 1.54) is 30.9 Å². The fourth-order valence-corrected chi connectivity index (χ4v) is 12.5. The first-order chi connectivity index (χ1) is 42.2. The third-order valence-electron chi connectivity index (χ3n) is 16.3. The van der Waals surface area contributed by atoms with Gasteiger partial charge in [0.15, 0.2) is 23.0 Å². The standard InChI is InChI=1S/C64H89N9O14Si2/c1-41(2)57(67-64(80)81)59(75)66-42(3)58(74)65-20-13-15-43-31-51-62(78)72(39-84-27-29-88(7,8)9)49-35-55(53(82-5)33-47(49)60(76)70(51)37-43)86-25-14-26-87-56-36-50-48(34-54(56)83-6)61(77)71-38-45(32-52(71)63(79)73(50)40-85-28-30-89(10,11)12)44-16-18-46(19-17-44)69-23-21-68(4)22-24-69/h13,15-19,33-38,41-42,51-52,57,67H,14,20-32,39-40H2,1-12H3,(H,65,74)(H,66,75)(H,80,81)/t42-,51-,52-,57-/m0/s1. The highest BCUT2D eigenvalue weighted by Crippen LogP contribution is 2.44. The van der Waals surface area contributed by atoms with Crippen molar-refractivity contribution < 1.29 is 67.1 Å². The van der Waals surface area contributed by atoms with Crippen molar-refractivity contribution in [2.75, 3.05) is 109 Å². The molecule has 3 aromatic rings. The number of benzene rings is 3. The lowest BCUT2D eigenvalue weighted by Crippen LogP contribution is -2.54. The van der Waals surface area contributed by atoms with Gasteiger partial charge in [-0.05, 0) is 73.0 Å². The van der Waals surface area contributed by atoms with E-state index in [0.29, 0.717) is 48.8 Å². The second-order valence-corrected chi connectivity index (χ2v) is 37.2. The maximum Gasteiger partial charge on any atom is 0.405 e. The maximum atomic E-state index is 14.8. The average Bonchev–Trinajstić information content (AvgIpc) is 1.67. The SMILES string of the molecule is COc1cc2c(cc1OCCCOc1cc3c(cc1OC)C(=O)N1C=C(c4ccc(N5CCN(C)CC5)cc4)C[C@H]1C(=O)N3COCC[Si](C)(C)C)N(COCC[Si](C)(C)C)C(=O)[C@@H]1CC(C=CCNC(=O)[C@H](C)NC(=O)[C@@H](NC(=O)O)C(C)C)=CN1C2=O. The van der Waals surface area contributed by atoms with Crippen LogP contribution >= 0.6 is 0 Å². The number of allylic oxidation sites excluding steroid dienone is 1. The Bertz CT molecular complexity index is 3210. The van der Waals surface area contributed by atoms with E-state index < -0.39 is 64.1 Å². The number of likely N-dealkylation sites (N-methyl/N-ethyl adjacent to an activating group) is 1. The lowest BCUT2D eigenvalue weighted by Gasteiger charge is -2.34. The van der Waals surface area contributed by atoms with Gasteiger partial charge in [0.2, 0.25) is 11.8 Å². The molecule has 482 valence electrons. The third-order valence-corrected chi connectivity index (χ3v) is 19.7. The summed E-state index contributed by atoms with van der Waals surface area (Å²) >= 11 is 0. The molecule has 0 bridgehead atoms. The van der Waals surface area contributed by atoms with Crippen LogP contribution in [-0.2, 0) is 28.7 Å². The molecule has 0 radical (unpaired) electrons. The highest BCUT2D eigenvalue weighted by molar-refractivity contribution is 6.76. The Kier molecular flexibility index (Phi) is 22.1. The van der Waals surface area contributed by atoms with Crippen molar-refractivity contribution in [1.82, 2.24) is 30.7 Å². The largest absolute Gasteiger partial charge is 0.493 e. The van der Waals surface area contributed by atoms with E-state index in [9.17, 15) is 33.6 Å². The van der Waals surface area contributed by atoms with Crippen molar-refractivity contribution in [2.45, 2.75) is 116 Å². The maximum absolute atomic E-state index is 14.8. The van der Waals surface area contributed by atoms with Crippen LogP contribution in [0.1, 0.15) is 66.3 Å². The molecular formula is C64H89N9O14Si2. The number of ether oxygens (including phenoxy) is 6. The molecule has 4 N–H and O–H groups in total. The minimum Gasteiger partial charge on any atom is -0.493 e. The molecule has 0 spiro atoms. The molecule has 89 heavy (non-hydrogen) atoms. The summed E-state index contributed by atoms with van der Waals surface area (Å²) in [4.78, 5) is 106. The van der Waals surface area contributed by atoms with Gasteiger partial charge >= 0.3 is 6.09 Å². The first kappa shape index (κ1) is 67.2. The van der Waals surface area contributed by atoms with E-state index in [1.807, 2.05) is 0 Å². The molecule has 25 heteroatoms. The summed E-state index contributed by atoms with van der Waals surface area (Å²) in [6, 6.07) is 12.8. The minimum atomic E-state index is -1.52. The van der Waals surface area contributed by atoms with Gasteiger partial charge in [0, 0.05) is 112 Å². The van der Waals surface area contributed by atoms with Gasteiger partial charge in [-0.1, -0.05) is 77.4 Å². The Morgan fingerprint density at radius 2 is 1.18 bits per heavy atom. The van der Waals surface area contributed by atoms with Crippen LogP contribution in [0.2, 0.25) is 51.4 Å². The van der Waals surface area contributed by atoms with Crippen molar-refractivity contribution in [3.8, 4) is 23.0 Å².